The number of carbonyl (C=O) groups excluding carboxylic acids is 1. The number of thiophene rings is 1. The maximum Gasteiger partial charge on any atom is 0.268 e. The third kappa shape index (κ3) is 3.00. The molecule has 0 bridgehead atoms. The Labute approximate surface area is 128 Å². The Kier molecular flexibility index (Phi) is 3.57. The minimum Gasteiger partial charge on any atom is -0.288 e. The molecule has 5 nitrogen and oxygen atoms in total. The van der Waals surface area contributed by atoms with Gasteiger partial charge in [-0.3, -0.25) is 10.1 Å². The van der Waals surface area contributed by atoms with Crippen molar-refractivity contribution >= 4 is 23.2 Å². The van der Waals surface area contributed by atoms with Crippen LogP contribution in [0.4, 0.5) is 5.95 Å². The molecule has 21 heavy (non-hydrogen) atoms. The highest BCUT2D eigenvalue weighted by Gasteiger charge is 2.20. The molecule has 1 amide bonds. The summed E-state index contributed by atoms with van der Waals surface area (Å²) in [6, 6.07) is 3.89. The summed E-state index contributed by atoms with van der Waals surface area (Å²) in [5.74, 6) is 1.26. The van der Waals surface area contributed by atoms with Gasteiger partial charge in [-0.25, -0.2) is 4.68 Å². The Hall–Kier alpha value is -1.69. The van der Waals surface area contributed by atoms with Gasteiger partial charge >= 0.3 is 0 Å². The van der Waals surface area contributed by atoms with Crippen molar-refractivity contribution in [2.45, 2.75) is 52.0 Å². The summed E-state index contributed by atoms with van der Waals surface area (Å²) in [6.07, 6.45) is 3.21. The second-order valence-corrected chi connectivity index (χ2v) is 7.48. The number of fused-ring (bicyclic) bond motifs is 1. The summed E-state index contributed by atoms with van der Waals surface area (Å²) < 4.78 is 1.90. The van der Waals surface area contributed by atoms with Crippen LogP contribution in [0.5, 0.6) is 0 Å². The normalized spacial score (nSPS) is 14.8. The molecule has 2 aromatic heterocycles. The molecule has 1 aliphatic heterocycles. The lowest BCUT2D eigenvalue weighted by Gasteiger charge is -2.15. The first-order chi connectivity index (χ1) is 9.93. The minimum absolute atomic E-state index is 0.0644. The fourth-order valence-corrected chi connectivity index (χ4v) is 3.32. The average Bonchev–Trinajstić information content (AvgIpc) is 3.04. The van der Waals surface area contributed by atoms with Gasteiger partial charge in [0, 0.05) is 17.8 Å². The van der Waals surface area contributed by atoms with Gasteiger partial charge in [0.15, 0.2) is 0 Å². The number of aryl methyl sites for hydroxylation is 2. The monoisotopic (exact) mass is 304 g/mol. The van der Waals surface area contributed by atoms with Crippen LogP contribution in [0, 0.1) is 0 Å². The van der Waals surface area contributed by atoms with Gasteiger partial charge in [0.05, 0.1) is 4.88 Å². The number of hydrogen-bond donors (Lipinski definition) is 1. The zero-order valence-corrected chi connectivity index (χ0v) is 13.5. The van der Waals surface area contributed by atoms with Crippen molar-refractivity contribution in [3.05, 3.63) is 27.7 Å². The highest BCUT2D eigenvalue weighted by atomic mass is 32.1. The third-order valence-corrected chi connectivity index (χ3v) is 5.07. The lowest BCUT2D eigenvalue weighted by atomic mass is 9.95. The predicted molar refractivity (Wildman–Crippen MR) is 83.9 cm³/mol. The van der Waals surface area contributed by atoms with E-state index in [9.17, 15) is 4.79 Å². The summed E-state index contributed by atoms with van der Waals surface area (Å²) in [7, 11) is 0. The first-order valence-electron chi connectivity index (χ1n) is 7.29. The quantitative estimate of drug-likeness (QED) is 0.926. The molecule has 0 radical (unpaired) electrons. The highest BCUT2D eigenvalue weighted by Crippen LogP contribution is 2.29. The molecule has 3 heterocycles. The molecule has 1 aliphatic rings. The van der Waals surface area contributed by atoms with Crippen LogP contribution < -0.4 is 5.32 Å². The summed E-state index contributed by atoms with van der Waals surface area (Å²) in [5, 5.41) is 7.16. The molecule has 0 unspecified atom stereocenters. The van der Waals surface area contributed by atoms with Crippen molar-refractivity contribution in [2.75, 3.05) is 5.32 Å². The molecule has 0 aliphatic carbocycles. The van der Waals surface area contributed by atoms with E-state index in [4.69, 9.17) is 0 Å². The van der Waals surface area contributed by atoms with E-state index < -0.39 is 0 Å². The molecule has 6 heteroatoms. The van der Waals surface area contributed by atoms with E-state index in [2.05, 4.69) is 36.2 Å². The molecule has 3 rings (SSSR count). The maximum atomic E-state index is 12.3. The Morgan fingerprint density at radius 1 is 1.33 bits per heavy atom. The lowest BCUT2D eigenvalue weighted by Crippen LogP contribution is -2.13. The molecule has 0 spiro atoms. The zero-order chi connectivity index (χ0) is 15.0. The van der Waals surface area contributed by atoms with E-state index in [1.165, 1.54) is 16.2 Å². The number of anilines is 1. The second kappa shape index (κ2) is 5.26. The average molecular weight is 304 g/mol. The maximum absolute atomic E-state index is 12.3. The molecule has 0 saturated heterocycles. The van der Waals surface area contributed by atoms with Crippen molar-refractivity contribution in [3.63, 3.8) is 0 Å². The third-order valence-electron chi connectivity index (χ3n) is 3.56. The van der Waals surface area contributed by atoms with Crippen LogP contribution in [-0.2, 0) is 18.4 Å². The van der Waals surface area contributed by atoms with Crippen LogP contribution in [0.25, 0.3) is 0 Å². The van der Waals surface area contributed by atoms with E-state index in [0.29, 0.717) is 10.8 Å². The van der Waals surface area contributed by atoms with Gasteiger partial charge in [-0.1, -0.05) is 20.8 Å². The van der Waals surface area contributed by atoms with Crippen molar-refractivity contribution < 1.29 is 4.79 Å². The smallest absolute Gasteiger partial charge is 0.268 e. The van der Waals surface area contributed by atoms with Crippen LogP contribution in [0.1, 0.15) is 54.0 Å². The van der Waals surface area contributed by atoms with Gasteiger partial charge in [0.1, 0.15) is 5.82 Å². The van der Waals surface area contributed by atoms with Gasteiger partial charge in [-0.2, -0.15) is 4.98 Å². The number of aromatic nitrogens is 3. The Balaban J connectivity index is 1.74. The van der Waals surface area contributed by atoms with Gasteiger partial charge in [-0.15, -0.1) is 16.4 Å². The molecular formula is C15H20N4OS. The summed E-state index contributed by atoms with van der Waals surface area (Å²) >= 11 is 1.53. The molecular weight excluding hydrogens is 284 g/mol. The molecule has 112 valence electrons. The SMILES string of the molecule is CC(C)(C)c1ccc(C(=O)Nc2nc3n(n2)CCCC3)s1. The first-order valence-corrected chi connectivity index (χ1v) is 8.10. The standard InChI is InChI=1S/C15H20N4OS/c1-15(2,3)11-8-7-10(21-11)13(20)17-14-16-12-6-4-5-9-19(12)18-14/h7-8H,4-6,9H2,1-3H3,(H,17,18,20). The van der Waals surface area contributed by atoms with Crippen LogP contribution in [0.2, 0.25) is 0 Å². The second-order valence-electron chi connectivity index (χ2n) is 6.40. The number of carbonyl (C=O) groups is 1. The summed E-state index contributed by atoms with van der Waals surface area (Å²) in [6.45, 7) is 7.33. The van der Waals surface area contributed by atoms with Crippen LogP contribution in [-0.4, -0.2) is 20.7 Å². The van der Waals surface area contributed by atoms with E-state index in [1.54, 1.807) is 0 Å². The molecule has 0 saturated carbocycles. The Morgan fingerprint density at radius 3 is 2.81 bits per heavy atom. The van der Waals surface area contributed by atoms with E-state index in [0.717, 1.165) is 31.6 Å². The number of nitrogens with zero attached hydrogens (tertiary/aromatic N) is 3. The highest BCUT2D eigenvalue weighted by molar-refractivity contribution is 7.14. The molecule has 0 fully saturated rings. The largest absolute Gasteiger partial charge is 0.288 e. The number of hydrogen-bond acceptors (Lipinski definition) is 4. The van der Waals surface area contributed by atoms with Crippen molar-refractivity contribution in [1.29, 1.82) is 0 Å². The topological polar surface area (TPSA) is 59.8 Å². The van der Waals surface area contributed by atoms with E-state index >= 15 is 0 Å². The van der Waals surface area contributed by atoms with Crippen molar-refractivity contribution in [1.82, 2.24) is 14.8 Å². The fraction of sp³-hybridized carbons (Fsp3) is 0.533. The van der Waals surface area contributed by atoms with Crippen molar-refractivity contribution in [2.24, 2.45) is 0 Å². The van der Waals surface area contributed by atoms with Crippen LogP contribution >= 0.6 is 11.3 Å². The Bertz CT molecular complexity index is 642. The predicted octanol–water partition coefficient (Wildman–Crippen LogP) is 3.23. The first kappa shape index (κ1) is 14.3. The molecule has 0 aromatic carbocycles. The van der Waals surface area contributed by atoms with Gasteiger partial charge in [0.25, 0.3) is 5.91 Å². The summed E-state index contributed by atoms with van der Waals surface area (Å²) in [5.41, 5.74) is 0.0644. The van der Waals surface area contributed by atoms with Crippen molar-refractivity contribution in [3.8, 4) is 0 Å². The number of rotatable bonds is 2. The van der Waals surface area contributed by atoms with E-state index in [1.807, 2.05) is 16.8 Å². The van der Waals surface area contributed by atoms with Gasteiger partial charge in [0.2, 0.25) is 5.95 Å². The Morgan fingerprint density at radius 2 is 2.14 bits per heavy atom. The van der Waals surface area contributed by atoms with Crippen LogP contribution in [0.15, 0.2) is 12.1 Å². The fourth-order valence-electron chi connectivity index (χ4n) is 2.36. The van der Waals surface area contributed by atoms with Gasteiger partial charge in [-0.05, 0) is 30.4 Å². The number of nitrogens with one attached hydrogen (secondary N) is 1. The minimum atomic E-state index is -0.126. The number of amides is 1. The van der Waals surface area contributed by atoms with Gasteiger partial charge < -0.3 is 0 Å². The summed E-state index contributed by atoms with van der Waals surface area (Å²) in [4.78, 5) is 18.6. The lowest BCUT2D eigenvalue weighted by molar-refractivity contribution is 0.102. The molecule has 0 atom stereocenters. The molecule has 1 N–H and O–H groups in total. The van der Waals surface area contributed by atoms with E-state index in [-0.39, 0.29) is 11.3 Å². The van der Waals surface area contributed by atoms with Crippen LogP contribution in [0.3, 0.4) is 0 Å². The molecule has 2 aromatic rings. The zero-order valence-electron chi connectivity index (χ0n) is 12.6.